The topological polar surface area (TPSA) is 9.23 Å². The van der Waals surface area contributed by atoms with Crippen molar-refractivity contribution in [2.75, 3.05) is 6.61 Å². The van der Waals surface area contributed by atoms with E-state index in [1.54, 1.807) is 0 Å². The fraction of sp³-hybridized carbons (Fsp3) is 0.714. The first-order chi connectivity index (χ1) is 5.06. The van der Waals surface area contributed by atoms with E-state index in [-0.39, 0.29) is 6.08 Å². The molecule has 4 heteroatoms. The Morgan fingerprint density at radius 3 is 2.45 bits per heavy atom. The van der Waals surface area contributed by atoms with E-state index in [2.05, 4.69) is 4.74 Å². The maximum Gasteiger partial charge on any atom is 0.412 e. The molecule has 0 unspecified atom stereocenters. The van der Waals surface area contributed by atoms with Gasteiger partial charge in [0.05, 0.1) is 18.9 Å². The minimum atomic E-state index is -4.26. The molecule has 0 saturated heterocycles. The average molecular weight is 168 g/mol. The largest absolute Gasteiger partial charge is 0.501 e. The van der Waals surface area contributed by atoms with E-state index >= 15 is 0 Å². The Hall–Kier alpha value is -0.670. The van der Waals surface area contributed by atoms with Crippen molar-refractivity contribution in [1.29, 1.82) is 0 Å². The first-order valence-corrected chi connectivity index (χ1v) is 3.42. The number of ether oxygens (including phenoxy) is 1. The molecule has 0 atom stereocenters. The highest BCUT2D eigenvalue weighted by Gasteiger charge is 2.22. The molecule has 0 fully saturated rings. The highest BCUT2D eigenvalue weighted by molar-refractivity contribution is 4.82. The Labute approximate surface area is 63.8 Å². The monoisotopic (exact) mass is 168 g/mol. The number of hydrogen-bond acceptors (Lipinski definition) is 1. The molecule has 0 aliphatic carbocycles. The molecular formula is C7H11F3O. The van der Waals surface area contributed by atoms with E-state index < -0.39 is 6.18 Å². The van der Waals surface area contributed by atoms with Crippen LogP contribution in [-0.4, -0.2) is 12.8 Å². The van der Waals surface area contributed by atoms with E-state index in [9.17, 15) is 13.2 Å². The number of unbranched alkanes of at least 4 members (excludes halogenated alkanes) is 1. The summed E-state index contributed by atoms with van der Waals surface area (Å²) in [6, 6.07) is 0. The Balaban J connectivity index is 3.30. The van der Waals surface area contributed by atoms with Crippen LogP contribution in [0.4, 0.5) is 13.2 Å². The van der Waals surface area contributed by atoms with E-state index in [0.29, 0.717) is 12.9 Å². The van der Waals surface area contributed by atoms with Crippen LogP contribution in [0, 0.1) is 0 Å². The standard InChI is InChI=1S/C7H11F3O/c1-2-3-5-11-6-4-7(8,9)10/h4,6H,2-3,5H2,1H3. The fourth-order valence-corrected chi connectivity index (χ4v) is 0.421. The Kier molecular flexibility index (Phi) is 4.74. The van der Waals surface area contributed by atoms with Gasteiger partial charge in [-0.15, -0.1) is 0 Å². The molecule has 0 radical (unpaired) electrons. The summed E-state index contributed by atoms with van der Waals surface area (Å²) >= 11 is 0. The van der Waals surface area contributed by atoms with Gasteiger partial charge < -0.3 is 4.74 Å². The third kappa shape index (κ3) is 9.33. The number of allylic oxidation sites excluding steroid dienone is 1. The van der Waals surface area contributed by atoms with Gasteiger partial charge in [0.25, 0.3) is 0 Å². The molecule has 0 aliphatic rings. The molecule has 0 saturated carbocycles. The molecule has 0 heterocycles. The SMILES string of the molecule is CCCCOC=CC(F)(F)F. The Morgan fingerprint density at radius 2 is 2.00 bits per heavy atom. The van der Waals surface area contributed by atoms with Crippen molar-refractivity contribution in [3.8, 4) is 0 Å². The highest BCUT2D eigenvalue weighted by Crippen LogP contribution is 2.15. The van der Waals surface area contributed by atoms with Crippen molar-refractivity contribution in [1.82, 2.24) is 0 Å². The summed E-state index contributed by atoms with van der Waals surface area (Å²) in [5, 5.41) is 0. The number of halogens is 3. The second kappa shape index (κ2) is 5.04. The molecule has 1 nitrogen and oxygen atoms in total. The molecule has 0 N–H and O–H groups in total. The maximum absolute atomic E-state index is 11.4. The van der Waals surface area contributed by atoms with Gasteiger partial charge in [-0.05, 0) is 6.42 Å². The van der Waals surface area contributed by atoms with Crippen molar-refractivity contribution in [3.05, 3.63) is 12.3 Å². The average Bonchev–Trinajstić information content (AvgIpc) is 1.85. The van der Waals surface area contributed by atoms with Crippen LogP contribution in [0.2, 0.25) is 0 Å². The van der Waals surface area contributed by atoms with Crippen LogP contribution >= 0.6 is 0 Å². The predicted octanol–water partition coefficient (Wildman–Crippen LogP) is 2.88. The van der Waals surface area contributed by atoms with Gasteiger partial charge in [0, 0.05) is 0 Å². The summed E-state index contributed by atoms with van der Waals surface area (Å²) < 4.78 is 38.7. The summed E-state index contributed by atoms with van der Waals surface area (Å²) in [6.07, 6.45) is -1.79. The molecule has 0 bridgehead atoms. The highest BCUT2D eigenvalue weighted by atomic mass is 19.4. The van der Waals surface area contributed by atoms with Gasteiger partial charge >= 0.3 is 6.18 Å². The molecule has 11 heavy (non-hydrogen) atoms. The van der Waals surface area contributed by atoms with E-state index in [0.717, 1.165) is 12.8 Å². The van der Waals surface area contributed by atoms with Gasteiger partial charge in [-0.25, -0.2) is 0 Å². The van der Waals surface area contributed by atoms with E-state index in [1.165, 1.54) is 0 Å². The number of rotatable bonds is 4. The third-order valence-corrected chi connectivity index (χ3v) is 0.969. The molecular weight excluding hydrogens is 157 g/mol. The zero-order valence-corrected chi connectivity index (χ0v) is 6.32. The lowest BCUT2D eigenvalue weighted by atomic mass is 10.4. The van der Waals surface area contributed by atoms with Crippen LogP contribution in [0.1, 0.15) is 19.8 Å². The van der Waals surface area contributed by atoms with Crippen LogP contribution < -0.4 is 0 Å². The second-order valence-corrected chi connectivity index (χ2v) is 2.07. The van der Waals surface area contributed by atoms with Gasteiger partial charge in [-0.3, -0.25) is 0 Å². The van der Waals surface area contributed by atoms with Crippen LogP contribution in [-0.2, 0) is 4.74 Å². The first kappa shape index (κ1) is 10.3. The van der Waals surface area contributed by atoms with Gasteiger partial charge in [0.15, 0.2) is 0 Å². The second-order valence-electron chi connectivity index (χ2n) is 2.07. The van der Waals surface area contributed by atoms with Crippen molar-refractivity contribution in [2.45, 2.75) is 25.9 Å². The maximum atomic E-state index is 11.4. The molecule has 0 aromatic rings. The lowest BCUT2D eigenvalue weighted by Crippen LogP contribution is -2.01. The quantitative estimate of drug-likeness (QED) is 0.463. The number of hydrogen-bond donors (Lipinski definition) is 0. The molecule has 0 aromatic heterocycles. The van der Waals surface area contributed by atoms with Crippen LogP contribution in [0.3, 0.4) is 0 Å². The van der Waals surface area contributed by atoms with Gasteiger partial charge in [0.1, 0.15) is 0 Å². The summed E-state index contributed by atoms with van der Waals surface area (Å²) in [5.74, 6) is 0. The molecule has 66 valence electrons. The molecule has 0 aliphatic heterocycles. The smallest absolute Gasteiger partial charge is 0.412 e. The van der Waals surface area contributed by atoms with Crippen LogP contribution in [0.25, 0.3) is 0 Å². The third-order valence-electron chi connectivity index (χ3n) is 0.969. The van der Waals surface area contributed by atoms with Gasteiger partial charge in [-0.2, -0.15) is 13.2 Å². The summed E-state index contributed by atoms with van der Waals surface area (Å²) in [6.45, 7) is 2.29. The Bertz CT molecular complexity index is 117. The normalized spacial score (nSPS) is 12.4. The van der Waals surface area contributed by atoms with Crippen molar-refractivity contribution in [2.24, 2.45) is 0 Å². The number of alkyl halides is 3. The van der Waals surface area contributed by atoms with Crippen LogP contribution in [0.5, 0.6) is 0 Å². The summed E-state index contributed by atoms with van der Waals surface area (Å²) in [7, 11) is 0. The Morgan fingerprint density at radius 1 is 1.36 bits per heavy atom. The van der Waals surface area contributed by atoms with E-state index in [4.69, 9.17) is 0 Å². The van der Waals surface area contributed by atoms with Crippen molar-refractivity contribution >= 4 is 0 Å². The van der Waals surface area contributed by atoms with Crippen molar-refractivity contribution < 1.29 is 17.9 Å². The molecule has 0 rings (SSSR count). The fourth-order valence-electron chi connectivity index (χ4n) is 0.421. The predicted molar refractivity (Wildman–Crippen MR) is 36.1 cm³/mol. The lowest BCUT2D eigenvalue weighted by Gasteiger charge is -1.99. The summed E-state index contributed by atoms with van der Waals surface area (Å²) in [4.78, 5) is 0. The van der Waals surface area contributed by atoms with E-state index in [1.807, 2.05) is 6.92 Å². The minimum Gasteiger partial charge on any atom is -0.501 e. The van der Waals surface area contributed by atoms with Gasteiger partial charge in [0.2, 0.25) is 0 Å². The lowest BCUT2D eigenvalue weighted by molar-refractivity contribution is -0.0816. The van der Waals surface area contributed by atoms with Gasteiger partial charge in [-0.1, -0.05) is 13.3 Å². The molecule has 0 amide bonds. The molecule has 0 aromatic carbocycles. The first-order valence-electron chi connectivity index (χ1n) is 3.42. The minimum absolute atomic E-state index is 0.0860. The molecule has 0 spiro atoms. The van der Waals surface area contributed by atoms with Crippen molar-refractivity contribution in [3.63, 3.8) is 0 Å². The summed E-state index contributed by atoms with van der Waals surface area (Å²) in [5.41, 5.74) is 0. The zero-order valence-electron chi connectivity index (χ0n) is 6.32. The zero-order chi connectivity index (χ0) is 8.74. The van der Waals surface area contributed by atoms with Crippen LogP contribution in [0.15, 0.2) is 12.3 Å².